The number of aliphatic hydroxyl groups is 7. The van der Waals surface area contributed by atoms with Crippen LogP contribution in [0.3, 0.4) is 0 Å². The van der Waals surface area contributed by atoms with Gasteiger partial charge in [-0.25, -0.2) is 0 Å². The standard InChI is InChI=1S/C67H112O14/c1-3-5-7-9-11-13-15-17-19-21-23-25-27-28-29-30-32-34-36-38-40-42-44-46-48-50-59(69)79-56(53-76-51-49-47-45-43-41-39-37-35-33-31-26-24-22-20-18-16-14-12-10-8-6-4-2)54-77-66-65(75)63(73)61(71)58(81-66)55-78-67-64(74)62(72)60(70)57(52-68)80-67/h5,7,11,13,16-19,22-25,28-29,32,34,38,40,56-58,60-68,70-75H,3-4,6,8-10,12,14-15,20-21,26-27,30-31,33,35-37,39,41-55H2,1-2H3/b7-5-,13-11-,18-16-,19-17-,24-22-,25-23-,29-28-,34-32-,40-38-. The molecule has 0 amide bonds. The molecule has 2 fully saturated rings. The summed E-state index contributed by atoms with van der Waals surface area (Å²) in [6, 6.07) is 0. The molecule has 14 nitrogen and oxygen atoms in total. The molecule has 2 rings (SSSR count). The molecule has 2 saturated heterocycles. The normalized spacial score (nSPS) is 24.5. The van der Waals surface area contributed by atoms with Crippen LogP contribution in [0.5, 0.6) is 0 Å². The molecule has 0 aliphatic carbocycles. The molecule has 0 aromatic rings. The van der Waals surface area contributed by atoms with Crippen LogP contribution in [-0.4, -0.2) is 142 Å². The van der Waals surface area contributed by atoms with Crippen molar-refractivity contribution in [3.8, 4) is 0 Å². The van der Waals surface area contributed by atoms with Crippen molar-refractivity contribution in [3.63, 3.8) is 0 Å². The largest absolute Gasteiger partial charge is 0.457 e. The van der Waals surface area contributed by atoms with E-state index in [0.717, 1.165) is 89.9 Å². The van der Waals surface area contributed by atoms with Crippen molar-refractivity contribution in [2.24, 2.45) is 0 Å². The molecule has 0 bridgehead atoms. The first-order valence-electron chi connectivity index (χ1n) is 31.5. The molecule has 464 valence electrons. The minimum Gasteiger partial charge on any atom is -0.457 e. The Morgan fingerprint density at radius 3 is 1.26 bits per heavy atom. The third-order valence-corrected chi connectivity index (χ3v) is 14.3. The molecule has 2 aliphatic rings. The number of carbonyl (C=O) groups excluding carboxylic acids is 1. The van der Waals surface area contributed by atoms with Gasteiger partial charge in [-0.1, -0.05) is 207 Å². The zero-order valence-electron chi connectivity index (χ0n) is 50.0. The van der Waals surface area contributed by atoms with E-state index in [9.17, 15) is 40.5 Å². The summed E-state index contributed by atoms with van der Waals surface area (Å²) in [6.45, 7) is 3.51. The van der Waals surface area contributed by atoms with Crippen LogP contribution >= 0.6 is 0 Å². The molecule has 7 N–H and O–H groups in total. The third kappa shape index (κ3) is 38.3. The van der Waals surface area contributed by atoms with Gasteiger partial charge in [0.1, 0.15) is 54.9 Å². The Morgan fingerprint density at radius 2 is 0.802 bits per heavy atom. The second kappa shape index (κ2) is 52.2. The van der Waals surface area contributed by atoms with E-state index in [1.165, 1.54) is 89.9 Å². The molecule has 0 spiro atoms. The van der Waals surface area contributed by atoms with Crippen LogP contribution in [0, 0.1) is 0 Å². The molecule has 0 aromatic heterocycles. The fourth-order valence-electron chi connectivity index (χ4n) is 9.24. The first-order valence-corrected chi connectivity index (χ1v) is 31.5. The van der Waals surface area contributed by atoms with Crippen molar-refractivity contribution in [2.45, 2.75) is 274 Å². The van der Waals surface area contributed by atoms with Crippen LogP contribution in [0.2, 0.25) is 0 Å². The SMILES string of the molecule is CC/C=C\C/C=C\C/C=C\C/C=C\C/C=C\C/C=C\C/C=C\CCCCCC(=O)OC(COCCCCCCCCCCCC/C=C\C/C=C\CCCCCCC)COC1OC(COC2OC(CO)C(O)C(O)C2O)C(O)C(O)C1O. The number of aliphatic hydroxyl groups excluding tert-OH is 7. The lowest BCUT2D eigenvalue weighted by molar-refractivity contribution is -0.332. The summed E-state index contributed by atoms with van der Waals surface area (Å²) in [5.74, 6) is -0.411. The second-order valence-corrected chi connectivity index (χ2v) is 21.5. The van der Waals surface area contributed by atoms with Crippen molar-refractivity contribution in [3.05, 3.63) is 109 Å². The van der Waals surface area contributed by atoms with E-state index >= 15 is 0 Å². The van der Waals surface area contributed by atoms with Crippen LogP contribution < -0.4 is 0 Å². The summed E-state index contributed by atoms with van der Waals surface area (Å²) in [7, 11) is 0. The summed E-state index contributed by atoms with van der Waals surface area (Å²) < 4.78 is 34.4. The number of ether oxygens (including phenoxy) is 6. The zero-order valence-corrected chi connectivity index (χ0v) is 50.0. The van der Waals surface area contributed by atoms with E-state index in [0.29, 0.717) is 13.0 Å². The molecule has 11 unspecified atom stereocenters. The fourth-order valence-corrected chi connectivity index (χ4v) is 9.24. The van der Waals surface area contributed by atoms with Crippen LogP contribution in [0.25, 0.3) is 0 Å². The highest BCUT2D eigenvalue weighted by Gasteiger charge is 2.47. The zero-order chi connectivity index (χ0) is 58.6. The lowest BCUT2D eigenvalue weighted by Crippen LogP contribution is -2.61. The van der Waals surface area contributed by atoms with Gasteiger partial charge in [0.25, 0.3) is 0 Å². The molecule has 14 heteroatoms. The van der Waals surface area contributed by atoms with Gasteiger partial charge in [0.2, 0.25) is 0 Å². The molecular formula is C67H112O14. The Kier molecular flexibility index (Phi) is 47.5. The first-order chi connectivity index (χ1) is 39.6. The average molecular weight is 1140 g/mol. The van der Waals surface area contributed by atoms with Crippen molar-refractivity contribution in [1.29, 1.82) is 0 Å². The number of hydrogen-bond donors (Lipinski definition) is 7. The van der Waals surface area contributed by atoms with E-state index < -0.39 is 86.7 Å². The van der Waals surface area contributed by atoms with Crippen LogP contribution in [-0.2, 0) is 33.2 Å². The Morgan fingerprint density at radius 1 is 0.420 bits per heavy atom. The first kappa shape index (κ1) is 73.8. The monoisotopic (exact) mass is 1140 g/mol. The van der Waals surface area contributed by atoms with Gasteiger partial charge in [-0.2, -0.15) is 0 Å². The summed E-state index contributed by atoms with van der Waals surface area (Å²) in [5, 5.41) is 72.5. The van der Waals surface area contributed by atoms with E-state index in [4.69, 9.17) is 28.4 Å². The van der Waals surface area contributed by atoms with Crippen molar-refractivity contribution in [1.82, 2.24) is 0 Å². The number of allylic oxidation sites excluding steroid dienone is 18. The average Bonchev–Trinajstić information content (AvgIpc) is 3.46. The Balaban J connectivity index is 1.72. The van der Waals surface area contributed by atoms with Gasteiger partial charge in [0, 0.05) is 13.0 Å². The van der Waals surface area contributed by atoms with Gasteiger partial charge in [-0.05, 0) is 103 Å². The number of rotatable bonds is 50. The number of carbonyl (C=O) groups is 1. The predicted molar refractivity (Wildman–Crippen MR) is 325 cm³/mol. The molecule has 11 atom stereocenters. The maximum absolute atomic E-state index is 13.1. The Labute approximate surface area is 489 Å². The highest BCUT2D eigenvalue weighted by molar-refractivity contribution is 5.69. The maximum atomic E-state index is 13.1. The second-order valence-electron chi connectivity index (χ2n) is 21.5. The summed E-state index contributed by atoms with van der Waals surface area (Å²) in [5.41, 5.74) is 0. The summed E-state index contributed by atoms with van der Waals surface area (Å²) in [6.07, 6.45) is 55.7. The van der Waals surface area contributed by atoms with Gasteiger partial charge in [0.05, 0.1) is 26.4 Å². The topological polar surface area (TPSA) is 214 Å². The van der Waals surface area contributed by atoms with E-state index in [1.807, 2.05) is 0 Å². The number of esters is 1. The molecule has 2 heterocycles. The molecule has 0 aromatic carbocycles. The molecule has 0 saturated carbocycles. The predicted octanol–water partition coefficient (Wildman–Crippen LogP) is 12.3. The molecule has 81 heavy (non-hydrogen) atoms. The molecule has 0 radical (unpaired) electrons. The Bertz CT molecular complexity index is 1750. The van der Waals surface area contributed by atoms with Gasteiger partial charge < -0.3 is 64.2 Å². The summed E-state index contributed by atoms with van der Waals surface area (Å²) in [4.78, 5) is 13.1. The third-order valence-electron chi connectivity index (χ3n) is 14.3. The van der Waals surface area contributed by atoms with Gasteiger partial charge in [0.15, 0.2) is 12.6 Å². The van der Waals surface area contributed by atoms with Gasteiger partial charge >= 0.3 is 5.97 Å². The minimum absolute atomic E-state index is 0.0387. The smallest absolute Gasteiger partial charge is 0.306 e. The number of hydrogen-bond acceptors (Lipinski definition) is 14. The van der Waals surface area contributed by atoms with Crippen molar-refractivity contribution >= 4 is 5.97 Å². The van der Waals surface area contributed by atoms with Crippen molar-refractivity contribution < 1.29 is 69.0 Å². The van der Waals surface area contributed by atoms with Crippen molar-refractivity contribution in [2.75, 3.05) is 33.0 Å². The lowest BCUT2D eigenvalue weighted by Gasteiger charge is -2.42. The highest BCUT2D eigenvalue weighted by Crippen LogP contribution is 2.27. The molecule has 2 aliphatic heterocycles. The van der Waals surface area contributed by atoms with E-state index in [2.05, 4.69) is 123 Å². The molecular weight excluding hydrogens is 1030 g/mol. The van der Waals surface area contributed by atoms with E-state index in [-0.39, 0.29) is 19.6 Å². The quantitative estimate of drug-likeness (QED) is 0.0172. The maximum Gasteiger partial charge on any atom is 0.306 e. The fraction of sp³-hybridized carbons (Fsp3) is 0.716. The van der Waals surface area contributed by atoms with E-state index in [1.54, 1.807) is 0 Å². The van der Waals surface area contributed by atoms with Crippen LogP contribution in [0.15, 0.2) is 109 Å². The summed E-state index contributed by atoms with van der Waals surface area (Å²) >= 11 is 0. The highest BCUT2D eigenvalue weighted by atomic mass is 16.7. The number of unbranched alkanes of at least 4 members (excludes halogenated alkanes) is 18. The van der Waals surface area contributed by atoms with Gasteiger partial charge in [-0.3, -0.25) is 4.79 Å². The lowest BCUT2D eigenvalue weighted by atomic mass is 9.98. The van der Waals surface area contributed by atoms with Gasteiger partial charge in [-0.15, -0.1) is 0 Å². The van der Waals surface area contributed by atoms with Crippen LogP contribution in [0.1, 0.15) is 206 Å². The van der Waals surface area contributed by atoms with Crippen LogP contribution in [0.4, 0.5) is 0 Å². The minimum atomic E-state index is -1.72. The Hall–Kier alpha value is -3.35.